The highest BCUT2D eigenvalue weighted by molar-refractivity contribution is 8.00. The molecular formula is C17H20N6OS2. The Morgan fingerprint density at radius 3 is 2.81 bits per heavy atom. The number of thiazole rings is 1. The molecule has 3 heterocycles. The lowest BCUT2D eigenvalue weighted by Crippen LogP contribution is -2.22. The van der Waals surface area contributed by atoms with Crippen molar-refractivity contribution in [3.63, 3.8) is 0 Å². The van der Waals surface area contributed by atoms with Crippen LogP contribution in [0.15, 0.2) is 29.7 Å². The fourth-order valence-electron chi connectivity index (χ4n) is 2.31. The van der Waals surface area contributed by atoms with Gasteiger partial charge in [0.15, 0.2) is 16.1 Å². The molecule has 1 amide bonds. The first-order valence-electron chi connectivity index (χ1n) is 8.24. The van der Waals surface area contributed by atoms with E-state index in [1.807, 2.05) is 44.4 Å². The van der Waals surface area contributed by atoms with E-state index in [1.165, 1.54) is 23.1 Å². The normalized spacial score (nSPS) is 12.2. The summed E-state index contributed by atoms with van der Waals surface area (Å²) in [5.74, 6) is 0.652. The van der Waals surface area contributed by atoms with Crippen LogP contribution in [0.5, 0.6) is 0 Å². The van der Waals surface area contributed by atoms with Crippen LogP contribution in [0.2, 0.25) is 0 Å². The zero-order chi connectivity index (χ0) is 18.7. The number of hydrogen-bond acceptors (Lipinski definition) is 7. The van der Waals surface area contributed by atoms with Gasteiger partial charge in [0.2, 0.25) is 5.91 Å². The Kier molecular flexibility index (Phi) is 5.67. The fraction of sp³-hybridized carbons (Fsp3) is 0.353. The smallest absolute Gasteiger partial charge is 0.239 e. The van der Waals surface area contributed by atoms with Crippen molar-refractivity contribution in [3.8, 4) is 11.4 Å². The molecule has 0 radical (unpaired) electrons. The van der Waals surface area contributed by atoms with Crippen molar-refractivity contribution < 1.29 is 4.79 Å². The van der Waals surface area contributed by atoms with E-state index in [4.69, 9.17) is 0 Å². The van der Waals surface area contributed by atoms with E-state index in [2.05, 4.69) is 25.5 Å². The molecule has 0 aliphatic carbocycles. The van der Waals surface area contributed by atoms with Gasteiger partial charge in [-0.1, -0.05) is 11.8 Å². The number of aryl methyl sites for hydroxylation is 2. The van der Waals surface area contributed by atoms with Gasteiger partial charge in [0, 0.05) is 29.4 Å². The predicted molar refractivity (Wildman–Crippen MR) is 104 cm³/mol. The maximum absolute atomic E-state index is 12.5. The molecule has 9 heteroatoms. The molecule has 1 atom stereocenters. The third kappa shape index (κ3) is 3.94. The Balaban J connectivity index is 1.73. The van der Waals surface area contributed by atoms with Crippen LogP contribution in [-0.4, -0.2) is 35.9 Å². The summed E-state index contributed by atoms with van der Waals surface area (Å²) in [6.07, 6.45) is 3.48. The van der Waals surface area contributed by atoms with Crippen molar-refractivity contribution in [1.82, 2.24) is 24.7 Å². The molecule has 0 saturated carbocycles. The Bertz CT molecular complexity index is 886. The van der Waals surface area contributed by atoms with Crippen molar-refractivity contribution in [1.29, 1.82) is 0 Å². The van der Waals surface area contributed by atoms with E-state index in [0.29, 0.717) is 16.8 Å². The number of rotatable bonds is 6. The minimum atomic E-state index is -0.323. The second-order valence-corrected chi connectivity index (χ2v) is 8.21. The van der Waals surface area contributed by atoms with Gasteiger partial charge in [-0.15, -0.1) is 21.5 Å². The lowest BCUT2D eigenvalue weighted by Gasteiger charge is -2.11. The van der Waals surface area contributed by atoms with Gasteiger partial charge < -0.3 is 9.88 Å². The van der Waals surface area contributed by atoms with Crippen LogP contribution in [-0.2, 0) is 11.3 Å². The lowest BCUT2D eigenvalue weighted by molar-refractivity contribution is -0.115. The van der Waals surface area contributed by atoms with Crippen LogP contribution in [0.1, 0.15) is 24.4 Å². The van der Waals surface area contributed by atoms with Crippen molar-refractivity contribution in [2.75, 3.05) is 5.32 Å². The number of aromatic nitrogens is 5. The largest absolute Gasteiger partial charge is 0.302 e. The number of thioether (sulfide) groups is 1. The highest BCUT2D eigenvalue weighted by Gasteiger charge is 2.21. The van der Waals surface area contributed by atoms with Crippen molar-refractivity contribution in [3.05, 3.63) is 35.1 Å². The lowest BCUT2D eigenvalue weighted by atomic mass is 10.3. The van der Waals surface area contributed by atoms with Crippen LogP contribution in [0.4, 0.5) is 5.13 Å². The number of nitrogens with zero attached hydrogens (tertiary/aromatic N) is 5. The number of nitrogens with one attached hydrogen (secondary N) is 1. The number of pyridine rings is 1. The molecule has 26 heavy (non-hydrogen) atoms. The summed E-state index contributed by atoms with van der Waals surface area (Å²) in [6, 6.07) is 3.81. The topological polar surface area (TPSA) is 85.6 Å². The molecule has 3 aromatic heterocycles. The number of anilines is 1. The summed E-state index contributed by atoms with van der Waals surface area (Å²) in [5.41, 5.74) is 1.84. The monoisotopic (exact) mass is 388 g/mol. The van der Waals surface area contributed by atoms with Gasteiger partial charge in [0.25, 0.3) is 0 Å². The highest BCUT2D eigenvalue weighted by atomic mass is 32.2. The maximum Gasteiger partial charge on any atom is 0.239 e. The molecule has 0 spiro atoms. The summed E-state index contributed by atoms with van der Waals surface area (Å²) in [5, 5.41) is 12.4. The number of carbonyl (C=O) groups is 1. The SMILES string of the molecule is CCn1c(S[C@@H](C)C(=O)Nc2nc(C)c(C)s2)nnc1-c1cccnc1. The van der Waals surface area contributed by atoms with Gasteiger partial charge in [0.1, 0.15) is 0 Å². The van der Waals surface area contributed by atoms with Crippen molar-refractivity contribution in [2.45, 2.75) is 44.6 Å². The minimum absolute atomic E-state index is 0.0997. The summed E-state index contributed by atoms with van der Waals surface area (Å²) < 4.78 is 1.99. The Morgan fingerprint density at radius 1 is 1.38 bits per heavy atom. The fourth-order valence-corrected chi connectivity index (χ4v) is 4.04. The van der Waals surface area contributed by atoms with E-state index in [9.17, 15) is 4.79 Å². The Labute approximate surface area is 160 Å². The second-order valence-electron chi connectivity index (χ2n) is 5.70. The summed E-state index contributed by atoms with van der Waals surface area (Å²) >= 11 is 2.87. The van der Waals surface area contributed by atoms with Crippen LogP contribution < -0.4 is 5.32 Å². The van der Waals surface area contributed by atoms with Gasteiger partial charge in [-0.3, -0.25) is 9.78 Å². The zero-order valence-electron chi connectivity index (χ0n) is 15.1. The Hall–Kier alpha value is -2.26. The van der Waals surface area contributed by atoms with E-state index < -0.39 is 0 Å². The quantitative estimate of drug-likeness (QED) is 0.650. The molecule has 0 saturated heterocycles. The maximum atomic E-state index is 12.5. The molecule has 0 aliphatic heterocycles. The van der Waals surface area contributed by atoms with Gasteiger partial charge in [-0.2, -0.15) is 0 Å². The van der Waals surface area contributed by atoms with Crippen molar-refractivity contribution >= 4 is 34.1 Å². The molecule has 0 fully saturated rings. The first-order chi connectivity index (χ1) is 12.5. The molecule has 7 nitrogen and oxygen atoms in total. The summed E-state index contributed by atoms with van der Waals surface area (Å²) in [7, 11) is 0. The predicted octanol–water partition coefficient (Wildman–Crippen LogP) is 3.55. The average molecular weight is 389 g/mol. The van der Waals surface area contributed by atoms with Gasteiger partial charge in [-0.05, 0) is 39.8 Å². The van der Waals surface area contributed by atoms with Crippen molar-refractivity contribution in [2.24, 2.45) is 0 Å². The van der Waals surface area contributed by atoms with Crippen LogP contribution >= 0.6 is 23.1 Å². The zero-order valence-corrected chi connectivity index (χ0v) is 16.7. The summed E-state index contributed by atoms with van der Waals surface area (Å²) in [6.45, 7) is 8.51. The van der Waals surface area contributed by atoms with Crippen LogP contribution in [0.25, 0.3) is 11.4 Å². The Morgan fingerprint density at radius 2 is 2.19 bits per heavy atom. The molecule has 3 rings (SSSR count). The van der Waals surface area contributed by atoms with Crippen LogP contribution in [0.3, 0.4) is 0 Å². The van der Waals surface area contributed by atoms with Gasteiger partial charge in [0.05, 0.1) is 10.9 Å². The van der Waals surface area contributed by atoms with E-state index in [1.54, 1.807) is 12.4 Å². The minimum Gasteiger partial charge on any atom is -0.302 e. The van der Waals surface area contributed by atoms with E-state index in [-0.39, 0.29) is 11.2 Å². The highest BCUT2D eigenvalue weighted by Crippen LogP contribution is 2.28. The molecule has 0 aromatic carbocycles. The molecule has 136 valence electrons. The molecule has 0 unspecified atom stereocenters. The van der Waals surface area contributed by atoms with E-state index >= 15 is 0 Å². The molecular weight excluding hydrogens is 368 g/mol. The third-order valence-electron chi connectivity index (χ3n) is 3.86. The van der Waals surface area contributed by atoms with Crippen LogP contribution in [0, 0.1) is 13.8 Å². The number of hydrogen-bond donors (Lipinski definition) is 1. The average Bonchev–Trinajstić information content (AvgIpc) is 3.18. The first-order valence-corrected chi connectivity index (χ1v) is 9.94. The van der Waals surface area contributed by atoms with Gasteiger partial charge >= 0.3 is 0 Å². The van der Waals surface area contributed by atoms with Gasteiger partial charge in [-0.25, -0.2) is 4.98 Å². The molecule has 0 bridgehead atoms. The standard InChI is InChI=1S/C17H20N6OS2/c1-5-23-14(13-7-6-8-18-9-13)21-22-17(23)26-12(4)15(24)20-16-19-10(2)11(3)25-16/h6-9,12H,5H2,1-4H3,(H,19,20,24)/t12-/m0/s1. The first kappa shape index (κ1) is 18.5. The third-order valence-corrected chi connectivity index (χ3v) is 5.93. The molecule has 3 aromatic rings. The summed E-state index contributed by atoms with van der Waals surface area (Å²) in [4.78, 5) is 22.1. The number of amides is 1. The molecule has 0 aliphatic rings. The second kappa shape index (κ2) is 7.96. The molecule has 1 N–H and O–H groups in total. The van der Waals surface area contributed by atoms with E-state index in [0.717, 1.165) is 22.0 Å². The number of carbonyl (C=O) groups excluding carboxylic acids is 1.